The van der Waals surface area contributed by atoms with E-state index in [1.54, 1.807) is 25.1 Å². The van der Waals surface area contributed by atoms with Crippen LogP contribution in [0.2, 0.25) is 5.02 Å². The topological polar surface area (TPSA) is 52.7 Å². The fourth-order valence-electron chi connectivity index (χ4n) is 2.50. The van der Waals surface area contributed by atoms with Crippen LogP contribution in [0.5, 0.6) is 0 Å². The summed E-state index contributed by atoms with van der Waals surface area (Å²) in [6.45, 7) is 2.03. The van der Waals surface area contributed by atoms with E-state index in [9.17, 15) is 18.0 Å². The van der Waals surface area contributed by atoms with Gasteiger partial charge in [0.15, 0.2) is 5.82 Å². The Morgan fingerprint density at radius 1 is 1.19 bits per heavy atom. The Morgan fingerprint density at radius 3 is 2.48 bits per heavy atom. The largest absolute Gasteiger partial charge is 0.416 e. The van der Waals surface area contributed by atoms with E-state index < -0.39 is 17.4 Å². The lowest BCUT2D eigenvalue weighted by atomic mass is 10.2. The fourth-order valence-corrected chi connectivity index (χ4v) is 2.70. The molecular weight excluding hydrogens is 381 g/mol. The normalized spacial score (nSPS) is 12.0. The minimum Gasteiger partial charge on any atom is -0.263 e. The van der Waals surface area contributed by atoms with Crippen molar-refractivity contribution >= 4 is 11.6 Å². The van der Waals surface area contributed by atoms with Gasteiger partial charge in [0.1, 0.15) is 0 Å². The number of benzene rings is 1. The van der Waals surface area contributed by atoms with Crippen molar-refractivity contribution in [3.8, 4) is 17.1 Å². The molecule has 0 saturated heterocycles. The van der Waals surface area contributed by atoms with Crippen molar-refractivity contribution < 1.29 is 13.2 Å². The second-order valence-corrected chi connectivity index (χ2v) is 6.00. The van der Waals surface area contributed by atoms with Gasteiger partial charge in [0.05, 0.1) is 22.8 Å². The highest BCUT2D eigenvalue weighted by Gasteiger charge is 2.30. The zero-order valence-electron chi connectivity index (χ0n) is 14.1. The molecule has 2 heterocycles. The zero-order valence-corrected chi connectivity index (χ0v) is 14.9. The summed E-state index contributed by atoms with van der Waals surface area (Å²) in [6.07, 6.45) is 1.94. The Kier molecular flexibility index (Phi) is 5.18. The van der Waals surface area contributed by atoms with Gasteiger partial charge in [0, 0.05) is 18.0 Å². The highest BCUT2D eigenvalue weighted by Crippen LogP contribution is 2.31. The molecule has 2 aromatic heterocycles. The molecule has 0 bridgehead atoms. The summed E-state index contributed by atoms with van der Waals surface area (Å²) in [5.74, 6) is 0.219. The van der Waals surface area contributed by atoms with Gasteiger partial charge in [-0.3, -0.25) is 4.98 Å². The quantitative estimate of drug-likeness (QED) is 0.618. The van der Waals surface area contributed by atoms with E-state index in [4.69, 9.17) is 11.6 Å². The summed E-state index contributed by atoms with van der Waals surface area (Å²) < 4.78 is 40.9. The molecule has 0 aliphatic heterocycles. The third-order valence-electron chi connectivity index (χ3n) is 3.82. The van der Waals surface area contributed by atoms with Gasteiger partial charge in [-0.15, -0.1) is 5.10 Å². The van der Waals surface area contributed by atoms with E-state index in [1.807, 2.05) is 0 Å². The maximum Gasteiger partial charge on any atom is 0.416 e. The van der Waals surface area contributed by atoms with Gasteiger partial charge in [0.2, 0.25) is 0 Å². The van der Waals surface area contributed by atoms with Crippen LogP contribution >= 0.6 is 11.6 Å². The minimum absolute atomic E-state index is 0.219. The van der Waals surface area contributed by atoms with E-state index >= 15 is 0 Å². The molecule has 140 valence electrons. The first-order chi connectivity index (χ1) is 12.8. The maximum absolute atomic E-state index is 12.8. The monoisotopic (exact) mass is 394 g/mol. The predicted molar refractivity (Wildman–Crippen MR) is 95.9 cm³/mol. The maximum atomic E-state index is 12.8. The summed E-state index contributed by atoms with van der Waals surface area (Å²) in [7, 11) is 0. The standard InChI is InChI=1S/C18H14ClF3N4O/c1-2-3-10-25-17(27)26(13-6-4-12(5-7-13)18(20,21)22)16(24-25)14-8-9-23-11-15(14)19/h2-9,11H,10H2,1H3/b3-2+. The van der Waals surface area contributed by atoms with Crippen LogP contribution in [0.3, 0.4) is 0 Å². The Labute approximate surface area is 157 Å². The molecule has 0 N–H and O–H groups in total. The van der Waals surface area contributed by atoms with Gasteiger partial charge < -0.3 is 0 Å². The Balaban J connectivity index is 2.20. The molecule has 0 fully saturated rings. The van der Waals surface area contributed by atoms with Crippen molar-refractivity contribution in [3.63, 3.8) is 0 Å². The minimum atomic E-state index is -4.46. The van der Waals surface area contributed by atoms with Crippen molar-refractivity contribution in [1.82, 2.24) is 19.3 Å². The lowest BCUT2D eigenvalue weighted by Crippen LogP contribution is -2.23. The van der Waals surface area contributed by atoms with Crippen LogP contribution in [-0.4, -0.2) is 19.3 Å². The second kappa shape index (κ2) is 7.40. The number of hydrogen-bond acceptors (Lipinski definition) is 3. The zero-order chi connectivity index (χ0) is 19.6. The second-order valence-electron chi connectivity index (χ2n) is 5.59. The van der Waals surface area contributed by atoms with Gasteiger partial charge >= 0.3 is 11.9 Å². The molecule has 0 spiro atoms. The van der Waals surface area contributed by atoms with E-state index in [2.05, 4.69) is 10.1 Å². The molecule has 1 aromatic carbocycles. The summed E-state index contributed by atoms with van der Waals surface area (Å²) >= 11 is 6.18. The van der Waals surface area contributed by atoms with E-state index in [1.165, 1.54) is 33.8 Å². The van der Waals surface area contributed by atoms with Gasteiger partial charge in [-0.2, -0.15) is 13.2 Å². The van der Waals surface area contributed by atoms with Crippen molar-refractivity contribution in [3.05, 3.63) is 75.9 Å². The fraction of sp³-hybridized carbons (Fsp3) is 0.167. The third-order valence-corrected chi connectivity index (χ3v) is 4.12. The van der Waals surface area contributed by atoms with Crippen LogP contribution in [-0.2, 0) is 12.7 Å². The molecule has 0 amide bonds. The number of alkyl halides is 3. The smallest absolute Gasteiger partial charge is 0.263 e. The molecule has 3 rings (SSSR count). The SMILES string of the molecule is C/C=C/Cn1nc(-c2ccncc2Cl)n(-c2ccc(C(F)(F)F)cc2)c1=O. The van der Waals surface area contributed by atoms with Gasteiger partial charge in [0.25, 0.3) is 0 Å². The van der Waals surface area contributed by atoms with Gasteiger partial charge in [-0.1, -0.05) is 23.8 Å². The third kappa shape index (κ3) is 3.80. The van der Waals surface area contributed by atoms with Crippen molar-refractivity contribution in [2.24, 2.45) is 0 Å². The Bertz CT molecular complexity index is 1040. The molecule has 3 aromatic rings. The lowest BCUT2D eigenvalue weighted by Gasteiger charge is -2.09. The van der Waals surface area contributed by atoms with Gasteiger partial charge in [-0.25, -0.2) is 14.0 Å². The summed E-state index contributed by atoms with van der Waals surface area (Å²) in [5, 5.41) is 4.58. The number of rotatable bonds is 4. The average molecular weight is 395 g/mol. The lowest BCUT2D eigenvalue weighted by molar-refractivity contribution is -0.137. The van der Waals surface area contributed by atoms with Crippen LogP contribution in [0.25, 0.3) is 17.1 Å². The summed E-state index contributed by atoms with van der Waals surface area (Å²) in [5.41, 5.74) is -0.592. The van der Waals surface area contributed by atoms with Crippen LogP contribution < -0.4 is 5.69 Å². The van der Waals surface area contributed by atoms with Crippen molar-refractivity contribution in [1.29, 1.82) is 0 Å². The van der Waals surface area contributed by atoms with E-state index in [-0.39, 0.29) is 23.1 Å². The number of aromatic nitrogens is 4. The van der Waals surface area contributed by atoms with Crippen molar-refractivity contribution in [2.45, 2.75) is 19.6 Å². The summed E-state index contributed by atoms with van der Waals surface area (Å²) in [6, 6.07) is 5.88. The van der Waals surface area contributed by atoms with Crippen LogP contribution in [0, 0.1) is 0 Å². The highest BCUT2D eigenvalue weighted by atomic mass is 35.5. The molecule has 0 atom stereocenters. The molecule has 0 unspecified atom stereocenters. The van der Waals surface area contributed by atoms with Crippen LogP contribution in [0.15, 0.2) is 59.7 Å². The van der Waals surface area contributed by atoms with E-state index in [0.29, 0.717) is 5.56 Å². The number of allylic oxidation sites excluding steroid dienone is 2. The number of pyridine rings is 1. The summed E-state index contributed by atoms with van der Waals surface area (Å²) in [4.78, 5) is 16.7. The molecule has 9 heteroatoms. The molecule has 0 saturated carbocycles. The van der Waals surface area contributed by atoms with Gasteiger partial charge in [-0.05, 0) is 37.3 Å². The number of halogens is 4. The Morgan fingerprint density at radius 2 is 1.89 bits per heavy atom. The van der Waals surface area contributed by atoms with Crippen LogP contribution in [0.4, 0.5) is 13.2 Å². The highest BCUT2D eigenvalue weighted by molar-refractivity contribution is 6.33. The first-order valence-corrected chi connectivity index (χ1v) is 8.29. The molecule has 5 nitrogen and oxygen atoms in total. The Hall–Kier alpha value is -2.87. The first kappa shape index (κ1) is 18.9. The van der Waals surface area contributed by atoms with E-state index in [0.717, 1.165) is 12.1 Å². The molecule has 27 heavy (non-hydrogen) atoms. The molecule has 0 aliphatic carbocycles. The van der Waals surface area contributed by atoms with Crippen LogP contribution in [0.1, 0.15) is 12.5 Å². The number of hydrogen-bond donors (Lipinski definition) is 0. The van der Waals surface area contributed by atoms with Crippen molar-refractivity contribution in [2.75, 3.05) is 0 Å². The molecule has 0 aliphatic rings. The molecule has 0 radical (unpaired) electrons. The molecular formula is C18H14ClF3N4O. The predicted octanol–water partition coefficient (Wildman–Crippen LogP) is 4.34. The average Bonchev–Trinajstić information content (AvgIpc) is 2.96. The first-order valence-electron chi connectivity index (χ1n) is 7.91. The number of nitrogens with zero attached hydrogens (tertiary/aromatic N) is 4.